The molecule has 8 atom stereocenters. The van der Waals surface area contributed by atoms with Crippen LogP contribution in [0.3, 0.4) is 0 Å². The van der Waals surface area contributed by atoms with Crippen LogP contribution in [0.1, 0.15) is 71.6 Å². The van der Waals surface area contributed by atoms with Crippen LogP contribution in [0, 0.1) is 40.4 Å². The molecule has 0 aromatic carbocycles. The molecule has 4 saturated carbocycles. The number of carbonyl (C=O) groups is 1. The third-order valence-electron chi connectivity index (χ3n) is 10.0. The van der Waals surface area contributed by atoms with Crippen molar-refractivity contribution in [3.8, 4) is 0 Å². The summed E-state index contributed by atoms with van der Waals surface area (Å²) in [5, 5.41) is 0. The molecule has 5 aliphatic rings. The highest BCUT2D eigenvalue weighted by molar-refractivity contribution is 5.85. The summed E-state index contributed by atoms with van der Waals surface area (Å²) in [4.78, 5) is 17.4. The number of hydrogen-bond donors (Lipinski definition) is 1. The Morgan fingerprint density at radius 2 is 1.82 bits per heavy atom. The van der Waals surface area contributed by atoms with E-state index in [1.165, 1.54) is 63.4 Å². The van der Waals surface area contributed by atoms with Crippen molar-refractivity contribution < 1.29 is 14.4 Å². The number of carbonyl (C=O) groups excluding carboxylic acids is 1. The molecule has 4 aliphatic carbocycles. The van der Waals surface area contributed by atoms with Crippen LogP contribution >= 0.6 is 0 Å². The fourth-order valence-electron chi connectivity index (χ4n) is 8.69. The van der Waals surface area contributed by atoms with E-state index in [4.69, 9.17) is 9.57 Å². The van der Waals surface area contributed by atoms with E-state index in [-0.39, 0.29) is 5.97 Å². The minimum absolute atomic E-state index is 0.121. The summed E-state index contributed by atoms with van der Waals surface area (Å²) in [5.74, 6) is 3.86. The van der Waals surface area contributed by atoms with Gasteiger partial charge in [0.2, 0.25) is 0 Å². The van der Waals surface area contributed by atoms with Gasteiger partial charge in [-0.2, -0.15) is 0 Å². The van der Waals surface area contributed by atoms with Crippen LogP contribution in [0.4, 0.5) is 0 Å². The lowest BCUT2D eigenvalue weighted by atomic mass is 9.44. The van der Waals surface area contributed by atoms with Gasteiger partial charge < -0.3 is 4.74 Å². The van der Waals surface area contributed by atoms with Crippen molar-refractivity contribution in [3.63, 3.8) is 0 Å². The summed E-state index contributed by atoms with van der Waals surface area (Å²) < 4.78 is 5.28. The van der Waals surface area contributed by atoms with Gasteiger partial charge >= 0.3 is 5.97 Å². The molecule has 1 aliphatic heterocycles. The SMILES string of the molecule is CNO[C@H]1CC[C@@]2(C)[C@H](CC[C@@H]3[C@@H]2CC[C@]2(C)[C@@H](C4=CC(=O)OC4)CC[C@@H]32)C1. The van der Waals surface area contributed by atoms with Gasteiger partial charge in [0, 0.05) is 13.1 Å². The number of cyclic esters (lactones) is 1. The third kappa shape index (κ3) is 2.74. The molecule has 0 spiro atoms. The molecule has 0 unspecified atom stereocenters. The van der Waals surface area contributed by atoms with Crippen molar-refractivity contribution in [1.82, 2.24) is 5.48 Å². The Bertz CT molecular complexity index is 675. The largest absolute Gasteiger partial charge is 0.458 e. The minimum atomic E-state index is -0.121. The predicted molar refractivity (Wildman–Crippen MR) is 108 cm³/mol. The number of esters is 1. The second-order valence-electron chi connectivity index (χ2n) is 10.9. The fraction of sp³-hybridized carbons (Fsp3) is 0.875. The van der Waals surface area contributed by atoms with Gasteiger partial charge in [-0.1, -0.05) is 13.8 Å². The number of rotatable bonds is 3. The van der Waals surface area contributed by atoms with Gasteiger partial charge in [0.25, 0.3) is 0 Å². The second kappa shape index (κ2) is 6.84. The van der Waals surface area contributed by atoms with Crippen LogP contribution in [-0.4, -0.2) is 25.7 Å². The Balaban J connectivity index is 1.36. The standard InChI is InChI=1S/C24H37NO3/c1-23-10-8-17(28-25-3)13-16(23)4-5-18-20-7-6-19(15-12-22(26)27-14-15)24(20,2)11-9-21(18)23/h12,16-21,25H,4-11,13-14H2,1-3H3/t16-,17+,18+,19-,20+,21+,23+,24-/m1/s1. The minimum Gasteiger partial charge on any atom is -0.458 e. The lowest BCUT2D eigenvalue weighted by molar-refractivity contribution is -0.143. The fourth-order valence-corrected chi connectivity index (χ4v) is 8.69. The molecular formula is C24H37NO3. The van der Waals surface area contributed by atoms with Gasteiger partial charge in [0.1, 0.15) is 6.61 Å². The highest BCUT2D eigenvalue weighted by atomic mass is 16.7. The molecule has 0 aromatic rings. The normalized spacial score (nSPS) is 50.4. The molecule has 0 amide bonds. The van der Waals surface area contributed by atoms with E-state index in [2.05, 4.69) is 19.3 Å². The highest BCUT2D eigenvalue weighted by Gasteiger charge is 2.60. The number of ether oxygens (including phenoxy) is 1. The van der Waals surface area contributed by atoms with Crippen molar-refractivity contribution in [1.29, 1.82) is 0 Å². The highest BCUT2D eigenvalue weighted by Crippen LogP contribution is 2.68. The van der Waals surface area contributed by atoms with Crippen molar-refractivity contribution >= 4 is 5.97 Å². The Morgan fingerprint density at radius 1 is 1.04 bits per heavy atom. The average molecular weight is 388 g/mol. The Kier molecular flexibility index (Phi) is 4.67. The maximum absolute atomic E-state index is 11.7. The maximum Gasteiger partial charge on any atom is 0.331 e. The lowest BCUT2D eigenvalue weighted by Gasteiger charge is -2.61. The van der Waals surface area contributed by atoms with Crippen LogP contribution in [-0.2, 0) is 14.4 Å². The summed E-state index contributed by atoms with van der Waals surface area (Å²) in [7, 11) is 1.89. The zero-order valence-electron chi connectivity index (χ0n) is 17.8. The summed E-state index contributed by atoms with van der Waals surface area (Å²) in [5.41, 5.74) is 5.10. The molecule has 0 aromatic heterocycles. The van der Waals surface area contributed by atoms with Crippen molar-refractivity contribution in [2.75, 3.05) is 13.7 Å². The topological polar surface area (TPSA) is 47.6 Å². The first kappa shape index (κ1) is 19.1. The summed E-state index contributed by atoms with van der Waals surface area (Å²) in [6, 6.07) is 0. The van der Waals surface area contributed by atoms with Crippen molar-refractivity contribution in [2.24, 2.45) is 40.4 Å². The van der Waals surface area contributed by atoms with Gasteiger partial charge in [-0.05, 0) is 104 Å². The Morgan fingerprint density at radius 3 is 2.57 bits per heavy atom. The molecule has 1 N–H and O–H groups in total. The molecule has 4 heteroatoms. The summed E-state index contributed by atoms with van der Waals surface area (Å²) in [6.07, 6.45) is 14.1. The number of nitrogens with one attached hydrogen (secondary N) is 1. The Labute approximate surface area is 169 Å². The third-order valence-corrected chi connectivity index (χ3v) is 10.0. The van der Waals surface area contributed by atoms with Gasteiger partial charge in [0.15, 0.2) is 0 Å². The average Bonchev–Trinajstić information content (AvgIpc) is 3.24. The summed E-state index contributed by atoms with van der Waals surface area (Å²) in [6.45, 7) is 5.71. The quantitative estimate of drug-likeness (QED) is 0.566. The summed E-state index contributed by atoms with van der Waals surface area (Å²) >= 11 is 0. The molecule has 28 heavy (non-hydrogen) atoms. The van der Waals surface area contributed by atoms with Gasteiger partial charge in [-0.3, -0.25) is 4.84 Å². The molecule has 156 valence electrons. The first-order valence-corrected chi connectivity index (χ1v) is 11.7. The van der Waals surface area contributed by atoms with Crippen molar-refractivity contribution in [2.45, 2.75) is 77.7 Å². The number of fused-ring (bicyclic) bond motifs is 5. The lowest BCUT2D eigenvalue weighted by Crippen LogP contribution is -2.54. The zero-order chi connectivity index (χ0) is 19.5. The monoisotopic (exact) mass is 387 g/mol. The van der Waals surface area contributed by atoms with Crippen LogP contribution in [0.25, 0.3) is 0 Å². The van der Waals surface area contributed by atoms with E-state index in [0.29, 0.717) is 29.5 Å². The molecule has 4 nitrogen and oxygen atoms in total. The smallest absolute Gasteiger partial charge is 0.331 e. The number of hydroxylamine groups is 1. The van der Waals surface area contributed by atoms with Crippen LogP contribution < -0.4 is 5.48 Å². The molecule has 4 fully saturated rings. The van der Waals surface area contributed by atoms with Gasteiger partial charge in [-0.15, -0.1) is 0 Å². The first-order valence-electron chi connectivity index (χ1n) is 11.7. The van der Waals surface area contributed by atoms with E-state index in [1.807, 2.05) is 13.1 Å². The van der Waals surface area contributed by atoms with Crippen LogP contribution in [0.2, 0.25) is 0 Å². The van der Waals surface area contributed by atoms with Crippen molar-refractivity contribution in [3.05, 3.63) is 11.6 Å². The van der Waals surface area contributed by atoms with E-state index in [0.717, 1.165) is 23.7 Å². The Hall–Kier alpha value is -0.870. The molecule has 5 rings (SSSR count). The molecule has 1 heterocycles. The number of hydrogen-bond acceptors (Lipinski definition) is 4. The van der Waals surface area contributed by atoms with Crippen LogP contribution in [0.15, 0.2) is 11.6 Å². The molecule has 0 saturated heterocycles. The maximum atomic E-state index is 11.7. The molecule has 0 radical (unpaired) electrons. The van der Waals surface area contributed by atoms with E-state index in [9.17, 15) is 4.79 Å². The molecular weight excluding hydrogens is 350 g/mol. The van der Waals surface area contributed by atoms with E-state index >= 15 is 0 Å². The zero-order valence-corrected chi connectivity index (χ0v) is 17.8. The van der Waals surface area contributed by atoms with Gasteiger partial charge in [0.05, 0.1) is 6.10 Å². The van der Waals surface area contributed by atoms with Gasteiger partial charge in [-0.25, -0.2) is 10.3 Å². The van der Waals surface area contributed by atoms with E-state index in [1.54, 1.807) is 0 Å². The van der Waals surface area contributed by atoms with Crippen LogP contribution in [0.5, 0.6) is 0 Å². The second-order valence-corrected chi connectivity index (χ2v) is 10.9. The van der Waals surface area contributed by atoms with E-state index < -0.39 is 0 Å². The molecule has 0 bridgehead atoms. The predicted octanol–water partition coefficient (Wildman–Crippen LogP) is 4.65. The first-order chi connectivity index (χ1) is 13.5.